The van der Waals surface area contributed by atoms with Gasteiger partial charge in [0.1, 0.15) is 11.5 Å². The van der Waals surface area contributed by atoms with Crippen molar-refractivity contribution < 1.29 is 17.6 Å². The Morgan fingerprint density at radius 3 is 2.65 bits per heavy atom. The van der Waals surface area contributed by atoms with E-state index in [0.717, 1.165) is 11.6 Å². The van der Waals surface area contributed by atoms with Gasteiger partial charge in [0.05, 0.1) is 28.5 Å². The van der Waals surface area contributed by atoms with Crippen LogP contribution in [0.25, 0.3) is 10.9 Å². The molecule has 2 aromatic heterocycles. The number of halogens is 2. The zero-order valence-corrected chi connectivity index (χ0v) is 19.7. The molecule has 0 atom stereocenters. The number of carbonyl (C=O) groups excluding carboxylic acids is 1. The quantitative estimate of drug-likeness (QED) is 0.355. The van der Waals surface area contributed by atoms with Gasteiger partial charge in [0.25, 0.3) is 16.1 Å². The van der Waals surface area contributed by atoms with Crippen LogP contribution in [-0.4, -0.2) is 29.1 Å². The van der Waals surface area contributed by atoms with Crippen molar-refractivity contribution in [3.8, 4) is 0 Å². The Labute approximate surface area is 200 Å². The fourth-order valence-corrected chi connectivity index (χ4v) is 4.37. The second-order valence-corrected chi connectivity index (χ2v) is 9.39. The summed E-state index contributed by atoms with van der Waals surface area (Å²) in [5.74, 6) is -1.07. The van der Waals surface area contributed by atoms with Crippen LogP contribution in [0.3, 0.4) is 0 Å². The van der Waals surface area contributed by atoms with Gasteiger partial charge < -0.3 is 5.32 Å². The first kappa shape index (κ1) is 23.6. The largest absolute Gasteiger partial charge is 0.321 e. The van der Waals surface area contributed by atoms with Crippen molar-refractivity contribution in [3.63, 3.8) is 0 Å². The highest BCUT2D eigenvalue weighted by Crippen LogP contribution is 2.24. The Morgan fingerprint density at radius 1 is 1.15 bits per heavy atom. The second-order valence-electron chi connectivity index (χ2n) is 7.48. The van der Waals surface area contributed by atoms with Gasteiger partial charge in [-0.3, -0.25) is 19.2 Å². The van der Waals surface area contributed by atoms with E-state index < -0.39 is 21.9 Å². The third-order valence-electron chi connectivity index (χ3n) is 5.03. The van der Waals surface area contributed by atoms with Crippen molar-refractivity contribution >= 4 is 50.0 Å². The predicted octanol–water partition coefficient (Wildman–Crippen LogP) is 3.77. The van der Waals surface area contributed by atoms with E-state index in [1.807, 2.05) is 13.0 Å². The molecular weight excluding hydrogens is 483 g/mol. The average molecular weight is 503 g/mol. The zero-order chi connectivity index (χ0) is 24.5. The third kappa shape index (κ3) is 5.16. The molecule has 176 valence electrons. The second kappa shape index (κ2) is 9.37. The molecule has 0 unspecified atom stereocenters. The van der Waals surface area contributed by atoms with E-state index in [2.05, 4.69) is 24.8 Å². The number of benzene rings is 2. The molecule has 0 aliphatic rings. The molecule has 4 rings (SSSR count). The summed E-state index contributed by atoms with van der Waals surface area (Å²) in [5, 5.41) is 7.36. The summed E-state index contributed by atoms with van der Waals surface area (Å²) in [5.41, 5.74) is 2.73. The monoisotopic (exact) mass is 502 g/mol. The normalized spacial score (nSPS) is 11.5. The van der Waals surface area contributed by atoms with Crippen LogP contribution >= 0.6 is 11.6 Å². The molecule has 4 aromatic rings. The van der Waals surface area contributed by atoms with Gasteiger partial charge in [0, 0.05) is 24.3 Å². The lowest BCUT2D eigenvalue weighted by molar-refractivity contribution is 0.101. The third-order valence-corrected chi connectivity index (χ3v) is 6.34. The molecule has 0 aliphatic heterocycles. The number of hydrogen-bond donors (Lipinski definition) is 3. The molecule has 0 saturated heterocycles. The topological polar surface area (TPSA) is 118 Å². The van der Waals surface area contributed by atoms with Crippen LogP contribution in [0.4, 0.5) is 15.8 Å². The Morgan fingerprint density at radius 2 is 1.91 bits per heavy atom. The van der Waals surface area contributed by atoms with E-state index in [1.165, 1.54) is 28.9 Å². The summed E-state index contributed by atoms with van der Waals surface area (Å²) in [6.45, 7) is 1.88. The number of amides is 1. The molecule has 0 fully saturated rings. The number of rotatable bonds is 7. The van der Waals surface area contributed by atoms with Crippen LogP contribution in [0.2, 0.25) is 5.02 Å². The van der Waals surface area contributed by atoms with Crippen molar-refractivity contribution in [2.24, 2.45) is 7.05 Å². The Kier molecular flexibility index (Phi) is 6.51. The number of fused-ring (bicyclic) bond motifs is 1. The smallest absolute Gasteiger partial charge is 0.299 e. The molecule has 0 aliphatic carbocycles. The SMILES string of the molecule is Cc1cccnc1CNS(=O)(=O)Nc1ccc2c(C(=O)Nc3ccc(F)c(Cl)c3)n(C)nc2c1. The summed E-state index contributed by atoms with van der Waals surface area (Å²) in [7, 11) is -2.29. The van der Waals surface area contributed by atoms with E-state index in [4.69, 9.17) is 11.6 Å². The van der Waals surface area contributed by atoms with E-state index in [1.54, 1.807) is 25.4 Å². The Hall–Kier alpha value is -3.54. The maximum absolute atomic E-state index is 13.4. The Balaban J connectivity index is 1.52. The number of carbonyl (C=O) groups is 1. The summed E-state index contributed by atoms with van der Waals surface area (Å²) in [6.07, 6.45) is 1.59. The van der Waals surface area contributed by atoms with Gasteiger partial charge in [0.2, 0.25) is 0 Å². The average Bonchev–Trinajstić information content (AvgIpc) is 3.10. The van der Waals surface area contributed by atoms with E-state index in [-0.39, 0.29) is 22.9 Å². The number of aromatic nitrogens is 3. The zero-order valence-electron chi connectivity index (χ0n) is 18.1. The molecule has 0 radical (unpaired) electrons. The summed E-state index contributed by atoms with van der Waals surface area (Å²) in [6, 6.07) is 12.1. The van der Waals surface area contributed by atoms with Gasteiger partial charge in [-0.05, 0) is 55.0 Å². The lowest BCUT2D eigenvalue weighted by atomic mass is 10.2. The number of aryl methyl sites for hydroxylation is 2. The maximum Gasteiger partial charge on any atom is 0.299 e. The van der Waals surface area contributed by atoms with Crippen molar-refractivity contribution in [1.29, 1.82) is 0 Å². The number of hydrogen-bond acceptors (Lipinski definition) is 5. The lowest BCUT2D eigenvalue weighted by Crippen LogP contribution is -2.30. The van der Waals surface area contributed by atoms with Gasteiger partial charge in [0.15, 0.2) is 0 Å². The molecule has 1 amide bonds. The lowest BCUT2D eigenvalue weighted by Gasteiger charge is -2.10. The molecule has 0 saturated carbocycles. The van der Waals surface area contributed by atoms with Crippen LogP contribution in [0, 0.1) is 12.7 Å². The highest BCUT2D eigenvalue weighted by atomic mass is 35.5. The van der Waals surface area contributed by atoms with E-state index >= 15 is 0 Å². The first-order valence-corrected chi connectivity index (χ1v) is 11.9. The number of nitrogens with one attached hydrogen (secondary N) is 3. The highest BCUT2D eigenvalue weighted by Gasteiger charge is 2.19. The molecule has 34 heavy (non-hydrogen) atoms. The van der Waals surface area contributed by atoms with Gasteiger partial charge in [-0.1, -0.05) is 17.7 Å². The molecule has 12 heteroatoms. The number of nitrogens with zero attached hydrogens (tertiary/aromatic N) is 3. The van der Waals surface area contributed by atoms with Crippen LogP contribution in [0.5, 0.6) is 0 Å². The first-order chi connectivity index (χ1) is 16.1. The van der Waals surface area contributed by atoms with Gasteiger partial charge >= 0.3 is 0 Å². The number of anilines is 2. The van der Waals surface area contributed by atoms with Crippen molar-refractivity contribution in [2.45, 2.75) is 13.5 Å². The van der Waals surface area contributed by atoms with Gasteiger partial charge in [-0.25, -0.2) is 4.39 Å². The van der Waals surface area contributed by atoms with E-state index in [9.17, 15) is 17.6 Å². The van der Waals surface area contributed by atoms with E-state index in [0.29, 0.717) is 22.3 Å². The summed E-state index contributed by atoms with van der Waals surface area (Å²) in [4.78, 5) is 17.0. The van der Waals surface area contributed by atoms with Crippen LogP contribution < -0.4 is 14.8 Å². The minimum atomic E-state index is -3.88. The number of pyridine rings is 1. The fraction of sp³-hybridized carbons (Fsp3) is 0.136. The summed E-state index contributed by atoms with van der Waals surface area (Å²) >= 11 is 5.78. The molecule has 9 nitrogen and oxygen atoms in total. The van der Waals surface area contributed by atoms with Crippen molar-refractivity contribution in [2.75, 3.05) is 10.0 Å². The minimum absolute atomic E-state index is 0.0333. The molecule has 0 spiro atoms. The van der Waals surface area contributed by atoms with Crippen LogP contribution in [0.1, 0.15) is 21.7 Å². The molecule has 2 heterocycles. The molecule has 2 aromatic carbocycles. The molecule has 3 N–H and O–H groups in total. The molecule has 0 bridgehead atoms. The molecular formula is C22H20ClFN6O3S. The summed E-state index contributed by atoms with van der Waals surface area (Å²) < 4.78 is 44.6. The van der Waals surface area contributed by atoms with Crippen LogP contribution in [0.15, 0.2) is 54.7 Å². The standard InChI is InChI=1S/C22H20ClFN6O3S/c1-13-4-3-9-25-20(13)12-26-34(32,33)29-15-5-7-16-19(11-15)28-30(2)21(16)22(31)27-14-6-8-18(24)17(23)10-14/h3-11,26,29H,12H2,1-2H3,(H,27,31). The van der Waals surface area contributed by atoms with Crippen molar-refractivity contribution in [3.05, 3.63) is 82.5 Å². The highest BCUT2D eigenvalue weighted by molar-refractivity contribution is 7.90. The van der Waals surface area contributed by atoms with Gasteiger partial charge in [-0.15, -0.1) is 0 Å². The fourth-order valence-electron chi connectivity index (χ4n) is 3.36. The Bertz CT molecular complexity index is 1510. The van der Waals surface area contributed by atoms with Gasteiger partial charge in [-0.2, -0.15) is 18.2 Å². The van der Waals surface area contributed by atoms with Crippen molar-refractivity contribution in [1.82, 2.24) is 19.5 Å². The maximum atomic E-state index is 13.4. The first-order valence-electron chi connectivity index (χ1n) is 10.0. The minimum Gasteiger partial charge on any atom is -0.321 e. The predicted molar refractivity (Wildman–Crippen MR) is 128 cm³/mol. The van der Waals surface area contributed by atoms with Crippen LogP contribution in [-0.2, 0) is 23.8 Å².